The van der Waals surface area contributed by atoms with Gasteiger partial charge in [0.15, 0.2) is 11.6 Å². The van der Waals surface area contributed by atoms with Crippen LogP contribution in [0.2, 0.25) is 0 Å². The van der Waals surface area contributed by atoms with Gasteiger partial charge in [0.2, 0.25) is 0 Å². The second-order valence-corrected chi connectivity index (χ2v) is 10.4. The summed E-state index contributed by atoms with van der Waals surface area (Å²) >= 11 is 0. The molecule has 2 fully saturated rings. The minimum atomic E-state index is 0.198. The smallest absolute Gasteiger partial charge is 0.189 e. The van der Waals surface area contributed by atoms with Gasteiger partial charge in [0, 0.05) is 22.3 Å². The summed E-state index contributed by atoms with van der Waals surface area (Å²) in [5.74, 6) is 1.08. The maximum absolute atomic E-state index is 13.6. The van der Waals surface area contributed by atoms with Crippen LogP contribution in [0.5, 0.6) is 0 Å². The normalized spacial score (nSPS) is 23.8. The van der Waals surface area contributed by atoms with E-state index in [1.807, 2.05) is 36.4 Å². The van der Waals surface area contributed by atoms with Gasteiger partial charge in [0.25, 0.3) is 0 Å². The van der Waals surface area contributed by atoms with Crippen molar-refractivity contribution in [2.24, 2.45) is 11.8 Å². The highest BCUT2D eigenvalue weighted by Gasteiger charge is 2.34. The molecule has 2 aromatic carbocycles. The topological polar surface area (TPSA) is 34.1 Å². The van der Waals surface area contributed by atoms with Crippen LogP contribution in [0.4, 0.5) is 0 Å². The number of carbonyl (C=O) groups excluding carboxylic acids is 2. The van der Waals surface area contributed by atoms with Crippen LogP contribution in [0, 0.1) is 11.8 Å². The summed E-state index contributed by atoms with van der Waals surface area (Å²) in [4.78, 5) is 27.2. The summed E-state index contributed by atoms with van der Waals surface area (Å²) in [6.07, 6.45) is 16.1. The van der Waals surface area contributed by atoms with E-state index in [2.05, 4.69) is 24.3 Å². The lowest BCUT2D eigenvalue weighted by Crippen LogP contribution is -2.22. The van der Waals surface area contributed by atoms with Crippen LogP contribution in [-0.4, -0.2) is 11.6 Å². The SMILES string of the molecule is O=C1C(C2CCCCC2)=CC(=C2C=C(C3CCCCC3)C(=O)c3ccccc32)c2ccccc21. The van der Waals surface area contributed by atoms with E-state index in [4.69, 9.17) is 0 Å². The summed E-state index contributed by atoms with van der Waals surface area (Å²) in [6.45, 7) is 0. The van der Waals surface area contributed by atoms with E-state index in [1.165, 1.54) is 38.5 Å². The molecule has 4 aliphatic carbocycles. The number of fused-ring (bicyclic) bond motifs is 2. The zero-order valence-electron chi connectivity index (χ0n) is 19.8. The Labute approximate surface area is 202 Å². The molecular weight excluding hydrogens is 416 g/mol. The molecule has 0 bridgehead atoms. The van der Waals surface area contributed by atoms with Crippen LogP contribution in [0.15, 0.2) is 71.8 Å². The molecule has 0 saturated heterocycles. The number of Topliss-reactive ketones (excluding diaryl/α,β-unsaturated/α-hetero) is 2. The van der Waals surface area contributed by atoms with Crippen LogP contribution in [0.1, 0.15) is 96.1 Å². The van der Waals surface area contributed by atoms with Gasteiger partial charge in [-0.05, 0) is 71.9 Å². The predicted octanol–water partition coefficient (Wildman–Crippen LogP) is 8.00. The fourth-order valence-corrected chi connectivity index (χ4v) is 6.62. The molecule has 0 spiro atoms. The average molecular weight is 449 g/mol. The lowest BCUT2D eigenvalue weighted by Gasteiger charge is -2.31. The highest BCUT2D eigenvalue weighted by molar-refractivity contribution is 6.23. The highest BCUT2D eigenvalue weighted by atomic mass is 16.1. The first-order valence-corrected chi connectivity index (χ1v) is 13.2. The first-order chi connectivity index (χ1) is 16.7. The Hall–Kier alpha value is -3.00. The number of allylic oxidation sites excluding steroid dienone is 6. The van der Waals surface area contributed by atoms with Crippen molar-refractivity contribution in [3.8, 4) is 0 Å². The van der Waals surface area contributed by atoms with E-state index >= 15 is 0 Å². The lowest BCUT2D eigenvalue weighted by molar-refractivity contribution is 0.100. The van der Waals surface area contributed by atoms with E-state index < -0.39 is 0 Å². The molecule has 0 radical (unpaired) electrons. The van der Waals surface area contributed by atoms with Gasteiger partial charge in [0.1, 0.15) is 0 Å². The standard InChI is InChI=1S/C32H32O2/c33-31-25-17-9-7-15-23(25)29(19-27(31)21-11-3-1-4-12-21)30-20-28(22-13-5-2-6-14-22)32(34)26-18-10-8-16-24(26)30/h7-10,15-22H,1-6,11-14H2. The molecule has 0 heterocycles. The first kappa shape index (κ1) is 21.5. The number of rotatable bonds is 2. The molecule has 172 valence electrons. The zero-order valence-corrected chi connectivity index (χ0v) is 19.8. The van der Waals surface area contributed by atoms with Gasteiger partial charge < -0.3 is 0 Å². The minimum absolute atomic E-state index is 0.198. The van der Waals surface area contributed by atoms with Gasteiger partial charge in [0.05, 0.1) is 0 Å². The molecule has 34 heavy (non-hydrogen) atoms. The van der Waals surface area contributed by atoms with Crippen molar-refractivity contribution in [2.45, 2.75) is 64.2 Å². The van der Waals surface area contributed by atoms with Gasteiger partial charge >= 0.3 is 0 Å². The average Bonchev–Trinajstić information content (AvgIpc) is 2.91. The number of hydrogen-bond donors (Lipinski definition) is 0. The molecule has 0 atom stereocenters. The minimum Gasteiger partial charge on any atom is -0.289 e. The molecule has 0 N–H and O–H groups in total. The molecule has 0 unspecified atom stereocenters. The Morgan fingerprint density at radius 1 is 0.471 bits per heavy atom. The first-order valence-electron chi connectivity index (χ1n) is 13.2. The second kappa shape index (κ2) is 8.98. The molecule has 0 amide bonds. The maximum atomic E-state index is 13.6. The Kier molecular flexibility index (Phi) is 5.69. The maximum Gasteiger partial charge on any atom is 0.189 e. The van der Waals surface area contributed by atoms with Crippen LogP contribution >= 0.6 is 0 Å². The molecule has 2 heteroatoms. The molecule has 0 aromatic heterocycles. The van der Waals surface area contributed by atoms with Crippen LogP contribution < -0.4 is 0 Å². The summed E-state index contributed by atoms with van der Waals surface area (Å²) < 4.78 is 0. The Bertz CT molecular complexity index is 1150. The van der Waals surface area contributed by atoms with Gasteiger partial charge in [-0.15, -0.1) is 0 Å². The van der Waals surface area contributed by atoms with Crippen molar-refractivity contribution in [3.05, 3.63) is 94.1 Å². The molecule has 2 saturated carbocycles. The number of benzene rings is 2. The summed E-state index contributed by atoms with van der Waals surface area (Å²) in [7, 11) is 0. The van der Waals surface area contributed by atoms with Crippen LogP contribution in [0.3, 0.4) is 0 Å². The Morgan fingerprint density at radius 3 is 1.21 bits per heavy atom. The van der Waals surface area contributed by atoms with Crippen LogP contribution in [-0.2, 0) is 0 Å². The number of ketones is 2. The molecule has 6 rings (SSSR count). The quantitative estimate of drug-likeness (QED) is 0.466. The summed E-state index contributed by atoms with van der Waals surface area (Å²) in [5, 5.41) is 0. The largest absolute Gasteiger partial charge is 0.289 e. The van der Waals surface area contributed by atoms with Crippen molar-refractivity contribution >= 4 is 22.7 Å². The molecule has 2 aromatic rings. The second-order valence-electron chi connectivity index (χ2n) is 10.4. The predicted molar refractivity (Wildman–Crippen MR) is 138 cm³/mol. The van der Waals surface area contributed by atoms with E-state index in [-0.39, 0.29) is 11.6 Å². The zero-order chi connectivity index (χ0) is 23.1. The van der Waals surface area contributed by atoms with Gasteiger partial charge in [-0.3, -0.25) is 9.59 Å². The number of hydrogen-bond acceptors (Lipinski definition) is 2. The van der Waals surface area contributed by atoms with Crippen molar-refractivity contribution < 1.29 is 9.59 Å². The highest BCUT2D eigenvalue weighted by Crippen LogP contribution is 2.45. The fraction of sp³-hybridized carbons (Fsp3) is 0.375. The molecular formula is C32H32O2. The van der Waals surface area contributed by atoms with E-state index in [0.717, 1.165) is 70.2 Å². The van der Waals surface area contributed by atoms with Crippen molar-refractivity contribution in [3.63, 3.8) is 0 Å². The van der Waals surface area contributed by atoms with E-state index in [0.29, 0.717) is 11.8 Å². The third-order valence-electron chi connectivity index (χ3n) is 8.43. The third-order valence-corrected chi connectivity index (χ3v) is 8.43. The Balaban J connectivity index is 1.59. The molecule has 2 nitrogen and oxygen atoms in total. The summed E-state index contributed by atoms with van der Waals surface area (Å²) in [6, 6.07) is 16.1. The van der Waals surface area contributed by atoms with E-state index in [9.17, 15) is 9.59 Å². The van der Waals surface area contributed by atoms with E-state index in [1.54, 1.807) is 0 Å². The lowest BCUT2D eigenvalue weighted by atomic mass is 9.72. The van der Waals surface area contributed by atoms with Crippen molar-refractivity contribution in [1.82, 2.24) is 0 Å². The fourth-order valence-electron chi connectivity index (χ4n) is 6.62. The van der Waals surface area contributed by atoms with Gasteiger partial charge in [-0.25, -0.2) is 0 Å². The summed E-state index contributed by atoms with van der Waals surface area (Å²) in [5.41, 5.74) is 7.82. The van der Waals surface area contributed by atoms with Crippen molar-refractivity contribution in [1.29, 1.82) is 0 Å². The molecule has 0 aliphatic heterocycles. The Morgan fingerprint density at radius 2 is 0.824 bits per heavy atom. The van der Waals surface area contributed by atoms with Crippen molar-refractivity contribution in [2.75, 3.05) is 0 Å². The van der Waals surface area contributed by atoms with Gasteiger partial charge in [-0.2, -0.15) is 0 Å². The van der Waals surface area contributed by atoms with Crippen LogP contribution in [0.25, 0.3) is 11.1 Å². The third kappa shape index (κ3) is 3.64. The number of carbonyl (C=O) groups is 2. The van der Waals surface area contributed by atoms with Gasteiger partial charge in [-0.1, -0.05) is 87.1 Å². The monoisotopic (exact) mass is 448 g/mol. The molecule has 4 aliphatic rings.